The maximum atomic E-state index is 14.1. The smallest absolute Gasteiger partial charge is 0.321 e. The zero-order valence-corrected chi connectivity index (χ0v) is 19.5. The van der Waals surface area contributed by atoms with Crippen LogP contribution in [0.3, 0.4) is 0 Å². The number of anilines is 1. The Morgan fingerprint density at radius 1 is 0.944 bits per heavy atom. The Balaban J connectivity index is 1.41. The average Bonchev–Trinajstić information content (AvgIpc) is 3.42. The van der Waals surface area contributed by atoms with E-state index in [1.807, 2.05) is 25.1 Å². The van der Waals surface area contributed by atoms with Crippen LogP contribution in [0.15, 0.2) is 54.6 Å². The molecule has 0 radical (unpaired) electrons. The predicted molar refractivity (Wildman–Crippen MR) is 125 cm³/mol. The van der Waals surface area contributed by atoms with E-state index in [9.17, 15) is 26.7 Å². The molecule has 0 saturated carbocycles. The third-order valence-electron chi connectivity index (χ3n) is 5.40. The van der Waals surface area contributed by atoms with Gasteiger partial charge in [0.05, 0.1) is 10.2 Å². The largest absolute Gasteiger partial charge is 0.459 e. The lowest BCUT2D eigenvalue weighted by molar-refractivity contribution is -0.291. The van der Waals surface area contributed by atoms with Gasteiger partial charge < -0.3 is 5.32 Å². The summed E-state index contributed by atoms with van der Waals surface area (Å²) < 4.78 is 68.5. The van der Waals surface area contributed by atoms with Crippen LogP contribution in [-0.4, -0.2) is 31.7 Å². The van der Waals surface area contributed by atoms with E-state index in [2.05, 4.69) is 20.4 Å². The van der Waals surface area contributed by atoms with Gasteiger partial charge in [0.25, 0.3) is 5.91 Å². The second kappa shape index (κ2) is 8.33. The Morgan fingerprint density at radius 2 is 1.67 bits per heavy atom. The van der Waals surface area contributed by atoms with Crippen LogP contribution in [0.4, 0.5) is 27.6 Å². The minimum Gasteiger partial charge on any atom is -0.321 e. The minimum atomic E-state index is -5.84. The Kier molecular flexibility index (Phi) is 5.51. The number of alkyl halides is 5. The standard InChI is InChI=1S/C24H16F5N5OS/c1-12-3-8-16-18(9-12)36-22(32-16)14-4-6-15(7-5-14)31-21(35)17-11-20-30-13(2)10-19(34(20)33-17)23(25,26)24(27,28)29/h3-11H,1-2H3,(H,31,35). The summed E-state index contributed by atoms with van der Waals surface area (Å²) in [6.45, 7) is 3.27. The molecule has 0 saturated heterocycles. The third-order valence-corrected chi connectivity index (χ3v) is 6.47. The van der Waals surface area contributed by atoms with Crippen LogP contribution in [0, 0.1) is 13.8 Å². The molecule has 0 aliphatic rings. The number of carbonyl (C=O) groups excluding carboxylic acids is 1. The molecule has 5 aromatic rings. The van der Waals surface area contributed by atoms with Crippen LogP contribution in [-0.2, 0) is 5.92 Å². The minimum absolute atomic E-state index is 0.0751. The van der Waals surface area contributed by atoms with E-state index in [1.54, 1.807) is 24.3 Å². The van der Waals surface area contributed by atoms with Crippen molar-refractivity contribution in [3.63, 3.8) is 0 Å². The number of thiazole rings is 1. The van der Waals surface area contributed by atoms with Crippen LogP contribution in [0.1, 0.15) is 27.4 Å². The van der Waals surface area contributed by atoms with Crippen molar-refractivity contribution < 1.29 is 26.7 Å². The van der Waals surface area contributed by atoms with Gasteiger partial charge >= 0.3 is 12.1 Å². The molecule has 0 aliphatic heterocycles. The first-order valence-electron chi connectivity index (χ1n) is 10.5. The highest BCUT2D eigenvalue weighted by molar-refractivity contribution is 7.21. The monoisotopic (exact) mass is 517 g/mol. The molecule has 0 bridgehead atoms. The Morgan fingerprint density at radius 3 is 2.36 bits per heavy atom. The van der Waals surface area contributed by atoms with Crippen molar-refractivity contribution in [1.29, 1.82) is 0 Å². The van der Waals surface area contributed by atoms with Crippen molar-refractivity contribution in [3.8, 4) is 10.6 Å². The molecule has 12 heteroatoms. The Labute approximate surface area is 204 Å². The second-order valence-electron chi connectivity index (χ2n) is 8.18. The van der Waals surface area contributed by atoms with Gasteiger partial charge in [-0.05, 0) is 61.9 Å². The highest BCUT2D eigenvalue weighted by Crippen LogP contribution is 2.43. The number of amides is 1. The summed E-state index contributed by atoms with van der Waals surface area (Å²) in [5.74, 6) is -5.98. The number of nitrogens with one attached hydrogen (secondary N) is 1. The molecule has 1 amide bonds. The fourth-order valence-electron chi connectivity index (χ4n) is 3.63. The highest BCUT2D eigenvalue weighted by atomic mass is 32.1. The van der Waals surface area contributed by atoms with Gasteiger partial charge in [0.15, 0.2) is 11.3 Å². The first kappa shape index (κ1) is 23.8. The van der Waals surface area contributed by atoms with E-state index < -0.39 is 23.7 Å². The van der Waals surface area contributed by atoms with E-state index in [-0.39, 0.29) is 17.0 Å². The van der Waals surface area contributed by atoms with Crippen LogP contribution < -0.4 is 5.32 Å². The molecule has 0 atom stereocenters. The molecule has 184 valence electrons. The van der Waals surface area contributed by atoms with Gasteiger partial charge in [-0.25, -0.2) is 14.5 Å². The molecule has 0 aliphatic carbocycles. The lowest BCUT2D eigenvalue weighted by atomic mass is 10.2. The average molecular weight is 517 g/mol. The normalized spacial score (nSPS) is 12.4. The number of hydrogen-bond donors (Lipinski definition) is 1. The van der Waals surface area contributed by atoms with Crippen molar-refractivity contribution in [2.75, 3.05) is 5.32 Å². The van der Waals surface area contributed by atoms with Gasteiger partial charge in [-0.3, -0.25) is 4.79 Å². The molecule has 1 N–H and O–H groups in total. The lowest BCUT2D eigenvalue weighted by Crippen LogP contribution is -2.36. The van der Waals surface area contributed by atoms with Crippen molar-refractivity contribution in [1.82, 2.24) is 19.6 Å². The number of rotatable bonds is 4. The molecule has 36 heavy (non-hydrogen) atoms. The van der Waals surface area contributed by atoms with Gasteiger partial charge in [0.2, 0.25) is 0 Å². The summed E-state index contributed by atoms with van der Waals surface area (Å²) in [5, 5.41) is 7.05. The first-order chi connectivity index (χ1) is 16.9. The van der Waals surface area contributed by atoms with E-state index in [0.717, 1.165) is 32.4 Å². The van der Waals surface area contributed by atoms with Gasteiger partial charge in [0, 0.05) is 23.0 Å². The number of hydrogen-bond acceptors (Lipinski definition) is 5. The summed E-state index contributed by atoms with van der Waals surface area (Å²) in [6.07, 6.45) is -5.84. The number of halogens is 5. The second-order valence-corrected chi connectivity index (χ2v) is 9.21. The quantitative estimate of drug-likeness (QED) is 0.275. The van der Waals surface area contributed by atoms with Crippen LogP contribution in [0.25, 0.3) is 26.4 Å². The van der Waals surface area contributed by atoms with Gasteiger partial charge in [0.1, 0.15) is 10.7 Å². The summed E-state index contributed by atoms with van der Waals surface area (Å²) in [5.41, 5.74) is 1.05. The first-order valence-corrected chi connectivity index (χ1v) is 11.4. The number of fused-ring (bicyclic) bond motifs is 2. The Bertz CT molecular complexity index is 1620. The van der Waals surface area contributed by atoms with Crippen molar-refractivity contribution in [3.05, 3.63) is 77.2 Å². The summed E-state index contributed by atoms with van der Waals surface area (Å²) in [4.78, 5) is 21.2. The zero-order chi connectivity index (χ0) is 25.8. The fourth-order valence-corrected chi connectivity index (χ4v) is 4.70. The van der Waals surface area contributed by atoms with E-state index in [0.29, 0.717) is 16.3 Å². The van der Waals surface area contributed by atoms with E-state index in [1.165, 1.54) is 18.3 Å². The number of aromatic nitrogens is 4. The molecule has 0 spiro atoms. The van der Waals surface area contributed by atoms with Crippen molar-refractivity contribution in [2.45, 2.75) is 25.9 Å². The number of carbonyl (C=O) groups is 1. The predicted octanol–water partition coefficient (Wildman–Crippen LogP) is 6.53. The Hall–Kier alpha value is -3.93. The van der Waals surface area contributed by atoms with E-state index in [4.69, 9.17) is 0 Å². The summed E-state index contributed by atoms with van der Waals surface area (Å²) >= 11 is 1.53. The van der Waals surface area contributed by atoms with E-state index >= 15 is 0 Å². The summed E-state index contributed by atoms with van der Waals surface area (Å²) in [7, 11) is 0. The molecular formula is C24H16F5N5OS. The molecule has 2 aromatic carbocycles. The molecule has 6 nitrogen and oxygen atoms in total. The highest BCUT2D eigenvalue weighted by Gasteiger charge is 2.60. The topological polar surface area (TPSA) is 72.2 Å². The summed E-state index contributed by atoms with van der Waals surface area (Å²) in [6, 6.07) is 14.4. The zero-order valence-electron chi connectivity index (χ0n) is 18.7. The number of nitrogens with zero attached hydrogens (tertiary/aromatic N) is 4. The van der Waals surface area contributed by atoms with Crippen molar-refractivity contribution >= 4 is 38.8 Å². The van der Waals surface area contributed by atoms with Crippen molar-refractivity contribution in [2.24, 2.45) is 0 Å². The van der Waals surface area contributed by atoms with Crippen LogP contribution in [0.2, 0.25) is 0 Å². The van der Waals surface area contributed by atoms with Gasteiger partial charge in [-0.2, -0.15) is 27.1 Å². The molecule has 3 heterocycles. The van der Waals surface area contributed by atoms with Crippen LogP contribution >= 0.6 is 11.3 Å². The van der Waals surface area contributed by atoms with Gasteiger partial charge in [-0.1, -0.05) is 6.07 Å². The molecule has 3 aromatic heterocycles. The molecule has 0 unspecified atom stereocenters. The molecule has 5 rings (SSSR count). The lowest BCUT2D eigenvalue weighted by Gasteiger charge is -2.20. The SMILES string of the molecule is Cc1ccc2nc(-c3ccc(NC(=O)c4cc5nc(C)cc(C(F)(F)C(F)(F)F)n5n4)cc3)sc2c1. The molecular weight excluding hydrogens is 501 g/mol. The number of aryl methyl sites for hydroxylation is 2. The van der Waals surface area contributed by atoms with Gasteiger partial charge in [-0.15, -0.1) is 11.3 Å². The van der Waals surface area contributed by atoms with Crippen LogP contribution in [0.5, 0.6) is 0 Å². The molecule has 0 fully saturated rings. The fraction of sp³-hybridized carbons (Fsp3) is 0.167. The maximum Gasteiger partial charge on any atom is 0.459 e. The maximum absolute atomic E-state index is 14.1. The third kappa shape index (κ3) is 4.17. The number of benzene rings is 2.